The Bertz CT molecular complexity index is 598. The number of benzene rings is 1. The van der Waals surface area contributed by atoms with Crippen molar-refractivity contribution in [2.45, 2.75) is 6.42 Å². The molecule has 2 aromatic rings. The van der Waals surface area contributed by atoms with E-state index in [1.165, 1.54) is 16.7 Å². The molecule has 0 aliphatic rings. The molecular formula is C13H13N3O3S. The van der Waals surface area contributed by atoms with E-state index in [1.54, 1.807) is 12.1 Å². The second-order valence-corrected chi connectivity index (χ2v) is 4.87. The SMILES string of the molecule is O=C(NCCc1nc(C(=O)O)cs1)Nc1ccccc1. The maximum absolute atomic E-state index is 11.6. The maximum atomic E-state index is 11.6. The van der Waals surface area contributed by atoms with Gasteiger partial charge in [0.1, 0.15) is 0 Å². The molecule has 0 saturated carbocycles. The van der Waals surface area contributed by atoms with Gasteiger partial charge < -0.3 is 15.7 Å². The smallest absolute Gasteiger partial charge is 0.355 e. The zero-order chi connectivity index (χ0) is 14.4. The lowest BCUT2D eigenvalue weighted by Gasteiger charge is -2.06. The molecule has 0 atom stereocenters. The number of anilines is 1. The van der Waals surface area contributed by atoms with Gasteiger partial charge in [0.05, 0.1) is 5.01 Å². The Morgan fingerprint density at radius 3 is 2.65 bits per heavy atom. The van der Waals surface area contributed by atoms with Crippen molar-refractivity contribution in [3.63, 3.8) is 0 Å². The molecule has 1 aromatic carbocycles. The van der Waals surface area contributed by atoms with Crippen molar-refractivity contribution in [1.82, 2.24) is 10.3 Å². The molecule has 0 saturated heterocycles. The zero-order valence-corrected chi connectivity index (χ0v) is 11.3. The molecule has 0 bridgehead atoms. The third kappa shape index (κ3) is 4.06. The topological polar surface area (TPSA) is 91.3 Å². The number of carboxylic acid groups (broad SMARTS) is 1. The molecule has 6 nitrogen and oxygen atoms in total. The lowest BCUT2D eigenvalue weighted by molar-refractivity contribution is 0.0691. The Labute approximate surface area is 119 Å². The van der Waals surface area contributed by atoms with Crippen molar-refractivity contribution >= 4 is 29.0 Å². The summed E-state index contributed by atoms with van der Waals surface area (Å²) < 4.78 is 0. The van der Waals surface area contributed by atoms with Gasteiger partial charge in [0.2, 0.25) is 0 Å². The molecule has 7 heteroatoms. The summed E-state index contributed by atoms with van der Waals surface area (Å²) in [5, 5.41) is 16.3. The third-order valence-corrected chi connectivity index (χ3v) is 3.34. The van der Waals surface area contributed by atoms with Crippen molar-refractivity contribution < 1.29 is 14.7 Å². The van der Waals surface area contributed by atoms with Crippen LogP contribution in [0.25, 0.3) is 0 Å². The molecule has 0 aliphatic carbocycles. The van der Waals surface area contributed by atoms with Gasteiger partial charge in [-0.1, -0.05) is 18.2 Å². The number of para-hydroxylation sites is 1. The van der Waals surface area contributed by atoms with Gasteiger partial charge >= 0.3 is 12.0 Å². The highest BCUT2D eigenvalue weighted by Gasteiger charge is 2.08. The zero-order valence-electron chi connectivity index (χ0n) is 10.5. The highest BCUT2D eigenvalue weighted by molar-refractivity contribution is 7.09. The number of carbonyl (C=O) groups is 2. The summed E-state index contributed by atoms with van der Waals surface area (Å²) in [6.07, 6.45) is 0.500. The van der Waals surface area contributed by atoms with Gasteiger partial charge in [-0.25, -0.2) is 14.6 Å². The average Bonchev–Trinajstić information content (AvgIpc) is 2.89. The first-order valence-electron chi connectivity index (χ1n) is 5.93. The Balaban J connectivity index is 1.75. The molecule has 0 aliphatic heterocycles. The van der Waals surface area contributed by atoms with E-state index in [9.17, 15) is 9.59 Å². The number of carboxylic acids is 1. The van der Waals surface area contributed by atoms with E-state index >= 15 is 0 Å². The first-order valence-corrected chi connectivity index (χ1v) is 6.81. The molecule has 0 radical (unpaired) electrons. The fourth-order valence-corrected chi connectivity index (χ4v) is 2.28. The summed E-state index contributed by atoms with van der Waals surface area (Å²) in [6, 6.07) is 8.81. The van der Waals surface area contributed by atoms with Gasteiger partial charge in [-0.15, -0.1) is 11.3 Å². The molecule has 1 aromatic heterocycles. The van der Waals surface area contributed by atoms with Crippen LogP contribution in [-0.4, -0.2) is 28.6 Å². The normalized spacial score (nSPS) is 10.0. The second kappa shape index (κ2) is 6.67. The number of nitrogens with zero attached hydrogens (tertiary/aromatic N) is 1. The quantitative estimate of drug-likeness (QED) is 0.787. The van der Waals surface area contributed by atoms with Crippen molar-refractivity contribution in [3.8, 4) is 0 Å². The van der Waals surface area contributed by atoms with E-state index in [0.717, 1.165) is 0 Å². The number of nitrogens with one attached hydrogen (secondary N) is 2. The Morgan fingerprint density at radius 1 is 1.25 bits per heavy atom. The minimum atomic E-state index is -1.04. The Morgan fingerprint density at radius 2 is 2.00 bits per heavy atom. The molecular weight excluding hydrogens is 278 g/mol. The van der Waals surface area contributed by atoms with Gasteiger partial charge in [-0.2, -0.15) is 0 Å². The van der Waals surface area contributed by atoms with Gasteiger partial charge in [0.15, 0.2) is 5.69 Å². The molecule has 1 heterocycles. The molecule has 0 unspecified atom stereocenters. The number of carbonyl (C=O) groups excluding carboxylic acids is 1. The van der Waals surface area contributed by atoms with Crippen LogP contribution in [0.2, 0.25) is 0 Å². The third-order valence-electron chi connectivity index (χ3n) is 2.43. The summed E-state index contributed by atoms with van der Waals surface area (Å²) in [4.78, 5) is 26.2. The average molecular weight is 291 g/mol. The predicted molar refractivity (Wildman–Crippen MR) is 76.2 cm³/mol. The van der Waals surface area contributed by atoms with Crippen LogP contribution >= 0.6 is 11.3 Å². The van der Waals surface area contributed by atoms with E-state index in [2.05, 4.69) is 15.6 Å². The summed E-state index contributed by atoms with van der Waals surface area (Å²) in [7, 11) is 0. The highest BCUT2D eigenvalue weighted by atomic mass is 32.1. The fraction of sp³-hybridized carbons (Fsp3) is 0.154. The Kier molecular flexibility index (Phi) is 4.67. The first-order chi connectivity index (χ1) is 9.65. The molecule has 104 valence electrons. The summed E-state index contributed by atoms with van der Waals surface area (Å²) in [5.41, 5.74) is 0.756. The first kappa shape index (κ1) is 14.0. The van der Waals surface area contributed by atoms with E-state index in [4.69, 9.17) is 5.11 Å². The monoisotopic (exact) mass is 291 g/mol. The van der Waals surface area contributed by atoms with Crippen LogP contribution in [0.4, 0.5) is 10.5 Å². The minimum absolute atomic E-state index is 0.0405. The van der Waals surface area contributed by atoms with E-state index < -0.39 is 5.97 Å². The van der Waals surface area contributed by atoms with Gasteiger partial charge in [0.25, 0.3) is 0 Å². The maximum Gasteiger partial charge on any atom is 0.355 e. The van der Waals surface area contributed by atoms with Crippen LogP contribution in [0.15, 0.2) is 35.7 Å². The molecule has 3 N–H and O–H groups in total. The number of hydrogen-bond acceptors (Lipinski definition) is 4. The number of amides is 2. The number of urea groups is 1. The van der Waals surface area contributed by atoms with Gasteiger partial charge in [0, 0.05) is 24.0 Å². The van der Waals surface area contributed by atoms with Crippen LogP contribution in [0.3, 0.4) is 0 Å². The molecule has 0 spiro atoms. The minimum Gasteiger partial charge on any atom is -0.476 e. The van der Waals surface area contributed by atoms with Crippen molar-refractivity contribution in [1.29, 1.82) is 0 Å². The molecule has 20 heavy (non-hydrogen) atoms. The van der Waals surface area contributed by atoms with Crippen molar-refractivity contribution in [3.05, 3.63) is 46.4 Å². The van der Waals surface area contributed by atoms with Gasteiger partial charge in [-0.3, -0.25) is 0 Å². The summed E-state index contributed by atoms with van der Waals surface area (Å²) in [6.45, 7) is 0.394. The molecule has 2 amide bonds. The lowest BCUT2D eigenvalue weighted by atomic mass is 10.3. The molecule has 0 fully saturated rings. The number of rotatable bonds is 5. The number of aromatic nitrogens is 1. The Hall–Kier alpha value is -2.41. The second-order valence-electron chi connectivity index (χ2n) is 3.93. The lowest BCUT2D eigenvalue weighted by Crippen LogP contribution is -2.30. The highest BCUT2D eigenvalue weighted by Crippen LogP contribution is 2.10. The van der Waals surface area contributed by atoms with E-state index in [0.29, 0.717) is 23.7 Å². The fourth-order valence-electron chi connectivity index (χ4n) is 1.50. The van der Waals surface area contributed by atoms with Crippen LogP contribution in [0.1, 0.15) is 15.5 Å². The standard InChI is InChI=1S/C13H13N3O3S/c17-12(18)10-8-20-11(16-10)6-7-14-13(19)15-9-4-2-1-3-5-9/h1-5,8H,6-7H2,(H,17,18)(H2,14,15,19). The van der Waals surface area contributed by atoms with Crippen LogP contribution in [0.5, 0.6) is 0 Å². The van der Waals surface area contributed by atoms with Crippen LogP contribution in [-0.2, 0) is 6.42 Å². The molecule has 2 rings (SSSR count). The van der Waals surface area contributed by atoms with Crippen LogP contribution < -0.4 is 10.6 Å². The summed E-state index contributed by atoms with van der Waals surface area (Å²) >= 11 is 1.27. The number of thiazole rings is 1. The number of aromatic carboxylic acids is 1. The van der Waals surface area contributed by atoms with E-state index in [-0.39, 0.29) is 11.7 Å². The van der Waals surface area contributed by atoms with E-state index in [1.807, 2.05) is 18.2 Å². The van der Waals surface area contributed by atoms with Gasteiger partial charge in [-0.05, 0) is 12.1 Å². The van der Waals surface area contributed by atoms with Crippen LogP contribution in [0, 0.1) is 0 Å². The number of hydrogen-bond donors (Lipinski definition) is 3. The predicted octanol–water partition coefficient (Wildman–Crippen LogP) is 2.21. The summed E-state index contributed by atoms with van der Waals surface area (Å²) in [5.74, 6) is -1.04. The van der Waals surface area contributed by atoms with Crippen molar-refractivity contribution in [2.75, 3.05) is 11.9 Å². The largest absolute Gasteiger partial charge is 0.476 e. The van der Waals surface area contributed by atoms with Crippen molar-refractivity contribution in [2.24, 2.45) is 0 Å².